The number of rotatable bonds is 2. The third kappa shape index (κ3) is 3.03. The number of aliphatic carboxylic acids is 1. The molecule has 1 N–H and O–H groups in total. The smallest absolute Gasteiger partial charge is 0.287 e. The van der Waals surface area contributed by atoms with Crippen molar-refractivity contribution in [3.63, 3.8) is 0 Å². The van der Waals surface area contributed by atoms with Crippen LogP contribution in [0.25, 0.3) is 0 Å². The van der Waals surface area contributed by atoms with Gasteiger partial charge in [0.25, 0.3) is 10.0 Å². The molecular formula is C8H6N3NaO4S-. The Bertz CT molecular complexity index is 584. The van der Waals surface area contributed by atoms with E-state index in [0.29, 0.717) is 0 Å². The normalized spacial score (nSPS) is 15.9. The zero-order chi connectivity index (χ0) is 11.8. The van der Waals surface area contributed by atoms with Crippen LogP contribution in [0.3, 0.4) is 0 Å². The summed E-state index contributed by atoms with van der Waals surface area (Å²) in [5, 5.41) is 12.9. The molecule has 0 spiro atoms. The molecule has 0 aliphatic carbocycles. The van der Waals surface area contributed by atoms with Crippen LogP contribution in [-0.4, -0.2) is 54.8 Å². The van der Waals surface area contributed by atoms with Crippen LogP contribution in [0.2, 0.25) is 0 Å². The first kappa shape index (κ1) is 14.1. The van der Waals surface area contributed by atoms with Crippen molar-refractivity contribution in [2.24, 2.45) is 4.40 Å². The molecule has 0 saturated heterocycles. The number of carboxylic acids is 1. The van der Waals surface area contributed by atoms with Gasteiger partial charge in [0.15, 0.2) is 0 Å². The summed E-state index contributed by atoms with van der Waals surface area (Å²) in [6, 6.07) is 1.43. The molecule has 0 bridgehead atoms. The number of sulfonamides is 1. The molecule has 1 aromatic rings. The largest absolute Gasteiger partial charge is 0.550 e. The summed E-state index contributed by atoms with van der Waals surface area (Å²) in [5.74, 6) is -1.57. The molecule has 2 heterocycles. The number of aromatic nitrogens is 1. The van der Waals surface area contributed by atoms with Crippen LogP contribution in [0.5, 0.6) is 0 Å². The predicted octanol–water partition coefficient (Wildman–Crippen LogP) is -1.65. The van der Waals surface area contributed by atoms with E-state index >= 15 is 0 Å². The first-order valence-corrected chi connectivity index (χ1v) is 5.68. The van der Waals surface area contributed by atoms with Gasteiger partial charge in [-0.2, -0.15) is 8.42 Å². The van der Waals surface area contributed by atoms with Crippen LogP contribution < -0.4 is 10.4 Å². The molecule has 85 valence electrons. The molecule has 0 unspecified atom stereocenters. The molecule has 2 rings (SSSR count). The number of fused-ring (bicyclic) bond motifs is 1. The minimum Gasteiger partial charge on any atom is -0.550 e. The van der Waals surface area contributed by atoms with E-state index in [4.69, 9.17) is 0 Å². The van der Waals surface area contributed by atoms with Gasteiger partial charge in [-0.25, -0.2) is 0 Å². The van der Waals surface area contributed by atoms with Crippen molar-refractivity contribution in [1.29, 1.82) is 0 Å². The Morgan fingerprint density at radius 1 is 1.47 bits per heavy atom. The first-order valence-electron chi connectivity index (χ1n) is 4.24. The Morgan fingerprint density at radius 3 is 2.82 bits per heavy atom. The Kier molecular flexibility index (Phi) is 4.26. The van der Waals surface area contributed by atoms with Gasteiger partial charge in [0.05, 0.1) is 5.69 Å². The number of amidine groups is 1. The first-order chi connectivity index (χ1) is 7.49. The van der Waals surface area contributed by atoms with E-state index in [-0.39, 0.29) is 46.0 Å². The average Bonchev–Trinajstić information content (AvgIpc) is 2.15. The van der Waals surface area contributed by atoms with Gasteiger partial charge in [-0.3, -0.25) is 4.98 Å². The van der Waals surface area contributed by atoms with Gasteiger partial charge in [-0.1, -0.05) is 0 Å². The van der Waals surface area contributed by atoms with E-state index in [0.717, 1.165) is 6.20 Å². The summed E-state index contributed by atoms with van der Waals surface area (Å²) >= 11 is 0. The number of carboxylic acid groups (broad SMARTS) is 1. The number of nitrogens with one attached hydrogen (secondary N) is 1. The van der Waals surface area contributed by atoms with Crippen LogP contribution in [0, 0.1) is 0 Å². The van der Waals surface area contributed by atoms with E-state index < -0.39 is 22.4 Å². The van der Waals surface area contributed by atoms with Crippen molar-refractivity contribution in [2.75, 3.05) is 5.32 Å². The van der Waals surface area contributed by atoms with Gasteiger partial charge >= 0.3 is 0 Å². The van der Waals surface area contributed by atoms with Crippen LogP contribution in [0.1, 0.15) is 6.42 Å². The number of pyridine rings is 1. The summed E-state index contributed by atoms with van der Waals surface area (Å²) in [6.07, 6.45) is 1.96. The third-order valence-corrected chi connectivity index (χ3v) is 3.23. The third-order valence-electron chi connectivity index (χ3n) is 1.88. The maximum atomic E-state index is 11.6. The molecular weight excluding hydrogens is 257 g/mol. The molecule has 9 heteroatoms. The Morgan fingerprint density at radius 2 is 2.18 bits per heavy atom. The number of hydrogen-bond donors (Lipinski definition) is 1. The number of carbonyl (C=O) groups is 1. The number of anilines is 1. The standard InChI is InChI=1S/C8H7N3O4S.Na/c12-8(13)3-7-10-5-1-2-9-4-6(5)16(14,15)11-7;/h1-2,4H,3H2,(H,10,11)(H,12,13);/p-1. The Balaban J connectivity index is 0.00000144. The van der Waals surface area contributed by atoms with Gasteiger partial charge < -0.3 is 15.2 Å². The topological polar surface area (TPSA) is 112 Å². The van der Waals surface area contributed by atoms with Crippen molar-refractivity contribution in [1.82, 2.24) is 4.98 Å². The second-order valence-corrected chi connectivity index (χ2v) is 4.63. The van der Waals surface area contributed by atoms with E-state index in [1.54, 1.807) is 0 Å². The Labute approximate surface area is 119 Å². The summed E-state index contributed by atoms with van der Waals surface area (Å²) in [7, 11) is -3.86. The fourth-order valence-corrected chi connectivity index (χ4v) is 2.36. The predicted molar refractivity (Wildman–Crippen MR) is 57.9 cm³/mol. The van der Waals surface area contributed by atoms with Crippen molar-refractivity contribution in [3.8, 4) is 0 Å². The van der Waals surface area contributed by atoms with Crippen LogP contribution >= 0.6 is 0 Å². The van der Waals surface area contributed by atoms with Gasteiger partial charge in [0.2, 0.25) is 0 Å². The van der Waals surface area contributed by atoms with Crippen molar-refractivity contribution in [3.05, 3.63) is 18.5 Å². The quantitative estimate of drug-likeness (QED) is 0.640. The summed E-state index contributed by atoms with van der Waals surface area (Å²) < 4.78 is 26.5. The average molecular weight is 263 g/mol. The van der Waals surface area contributed by atoms with E-state index in [2.05, 4.69) is 14.7 Å². The number of carbonyl (C=O) groups excluding carboxylic acids is 1. The van der Waals surface area contributed by atoms with Gasteiger partial charge in [-0.15, -0.1) is 4.40 Å². The van der Waals surface area contributed by atoms with Crippen molar-refractivity contribution < 1.29 is 18.3 Å². The monoisotopic (exact) mass is 263 g/mol. The molecule has 1 aliphatic heterocycles. The van der Waals surface area contributed by atoms with Crippen molar-refractivity contribution >= 4 is 57.1 Å². The van der Waals surface area contributed by atoms with Gasteiger partial charge in [0.1, 0.15) is 10.7 Å². The minimum atomic E-state index is -3.86. The number of nitrogens with zero attached hydrogens (tertiary/aromatic N) is 2. The van der Waals surface area contributed by atoms with Crippen LogP contribution in [0.4, 0.5) is 5.69 Å². The zero-order valence-electron chi connectivity index (χ0n) is 8.87. The molecule has 0 saturated carbocycles. The maximum Gasteiger partial charge on any atom is 0.287 e. The zero-order valence-corrected chi connectivity index (χ0v) is 11.7. The van der Waals surface area contributed by atoms with Crippen LogP contribution in [-0.2, 0) is 14.8 Å². The maximum absolute atomic E-state index is 11.6. The number of hydrogen-bond acceptors (Lipinski definition) is 6. The summed E-state index contributed by atoms with van der Waals surface area (Å²) in [5.41, 5.74) is 0.265. The van der Waals surface area contributed by atoms with E-state index in [9.17, 15) is 18.3 Å². The van der Waals surface area contributed by atoms with Crippen LogP contribution in [0.15, 0.2) is 27.8 Å². The van der Waals surface area contributed by atoms with E-state index in [1.165, 1.54) is 12.3 Å². The summed E-state index contributed by atoms with van der Waals surface area (Å²) in [4.78, 5) is 13.9. The second kappa shape index (κ2) is 5.13. The Hall–Kier alpha value is -0.960. The summed E-state index contributed by atoms with van der Waals surface area (Å²) in [6.45, 7) is 0. The SMILES string of the molecule is O=C([O-])CC1=NS(=O)(=O)c2cnccc2N1.[Na]. The fourth-order valence-electron chi connectivity index (χ4n) is 1.27. The molecule has 17 heavy (non-hydrogen) atoms. The molecule has 1 aliphatic rings. The van der Waals surface area contributed by atoms with Gasteiger partial charge in [0, 0.05) is 54.3 Å². The van der Waals surface area contributed by atoms with Gasteiger partial charge in [-0.05, 0) is 6.07 Å². The minimum absolute atomic E-state index is 0. The fraction of sp³-hybridized carbons (Fsp3) is 0.125. The molecule has 0 atom stereocenters. The molecule has 0 aromatic carbocycles. The molecule has 0 fully saturated rings. The molecule has 1 aromatic heterocycles. The second-order valence-electron chi connectivity index (χ2n) is 3.06. The van der Waals surface area contributed by atoms with Crippen molar-refractivity contribution in [2.45, 2.75) is 11.3 Å². The van der Waals surface area contributed by atoms with E-state index in [1.807, 2.05) is 0 Å². The molecule has 7 nitrogen and oxygen atoms in total. The molecule has 1 radical (unpaired) electrons. The molecule has 0 amide bonds.